The van der Waals surface area contributed by atoms with E-state index >= 15 is 0 Å². The van der Waals surface area contributed by atoms with E-state index in [1.54, 1.807) is 6.07 Å². The van der Waals surface area contributed by atoms with Crippen LogP contribution in [0.25, 0.3) is 0 Å². The third kappa shape index (κ3) is 5.92. The van der Waals surface area contributed by atoms with Crippen LogP contribution in [0.1, 0.15) is 62.3 Å². The lowest BCUT2D eigenvalue weighted by Crippen LogP contribution is -2.25. The second-order valence-corrected chi connectivity index (χ2v) is 4.89. The van der Waals surface area contributed by atoms with Gasteiger partial charge < -0.3 is 14.5 Å². The number of rotatable bonds is 9. The molecule has 108 valence electrons. The van der Waals surface area contributed by atoms with Gasteiger partial charge in [-0.15, -0.1) is 0 Å². The molecule has 1 rings (SSSR count). The summed E-state index contributed by atoms with van der Waals surface area (Å²) in [5.41, 5.74) is 0. The van der Waals surface area contributed by atoms with E-state index in [0.29, 0.717) is 12.6 Å². The molecule has 0 aromatic carbocycles. The van der Waals surface area contributed by atoms with Gasteiger partial charge in [0.1, 0.15) is 5.76 Å². The second-order valence-electron chi connectivity index (χ2n) is 4.89. The third-order valence-electron chi connectivity index (χ3n) is 3.16. The zero-order valence-electron chi connectivity index (χ0n) is 12.2. The lowest BCUT2D eigenvalue weighted by atomic mass is 10.1. The number of furan rings is 1. The number of methoxy groups -OCH3 is 1. The molecule has 1 atom stereocenters. The van der Waals surface area contributed by atoms with E-state index in [-0.39, 0.29) is 5.76 Å². The summed E-state index contributed by atoms with van der Waals surface area (Å²) in [7, 11) is 1.35. The number of hydrogen-bond acceptors (Lipinski definition) is 4. The Balaban J connectivity index is 2.24. The molecule has 1 aromatic heterocycles. The highest BCUT2D eigenvalue weighted by Crippen LogP contribution is 2.10. The molecule has 1 heterocycles. The summed E-state index contributed by atoms with van der Waals surface area (Å²) in [6.45, 7) is 5.04. The van der Waals surface area contributed by atoms with Gasteiger partial charge in [0.15, 0.2) is 0 Å². The van der Waals surface area contributed by atoms with Gasteiger partial charge in [-0.25, -0.2) is 4.79 Å². The fourth-order valence-corrected chi connectivity index (χ4v) is 1.94. The zero-order chi connectivity index (χ0) is 14.1. The van der Waals surface area contributed by atoms with Crippen LogP contribution >= 0.6 is 0 Å². The molecular weight excluding hydrogens is 242 g/mol. The lowest BCUT2D eigenvalue weighted by molar-refractivity contribution is 0.0563. The van der Waals surface area contributed by atoms with E-state index in [1.165, 1.54) is 39.2 Å². The predicted octanol–water partition coefficient (Wildman–Crippen LogP) is 3.51. The smallest absolute Gasteiger partial charge is 0.373 e. The molecule has 0 amide bonds. The Morgan fingerprint density at radius 3 is 2.84 bits per heavy atom. The lowest BCUT2D eigenvalue weighted by Gasteiger charge is -2.12. The highest BCUT2D eigenvalue weighted by Gasteiger charge is 2.11. The van der Waals surface area contributed by atoms with Gasteiger partial charge in [-0.1, -0.05) is 32.6 Å². The van der Waals surface area contributed by atoms with E-state index in [2.05, 4.69) is 23.9 Å². The van der Waals surface area contributed by atoms with Gasteiger partial charge in [0.2, 0.25) is 5.76 Å². The molecule has 0 saturated heterocycles. The first-order valence-electron chi connectivity index (χ1n) is 7.07. The minimum absolute atomic E-state index is 0.259. The number of esters is 1. The van der Waals surface area contributed by atoms with Crippen LogP contribution in [0.4, 0.5) is 0 Å². The van der Waals surface area contributed by atoms with Crippen molar-refractivity contribution in [2.45, 2.75) is 58.5 Å². The largest absolute Gasteiger partial charge is 0.463 e. The van der Waals surface area contributed by atoms with Crippen LogP contribution in [0.2, 0.25) is 0 Å². The van der Waals surface area contributed by atoms with Crippen molar-refractivity contribution >= 4 is 5.97 Å². The Morgan fingerprint density at radius 1 is 1.37 bits per heavy atom. The molecule has 1 N–H and O–H groups in total. The summed E-state index contributed by atoms with van der Waals surface area (Å²) < 4.78 is 9.99. The first kappa shape index (κ1) is 15.8. The van der Waals surface area contributed by atoms with E-state index in [4.69, 9.17) is 4.42 Å². The van der Waals surface area contributed by atoms with Gasteiger partial charge in [-0.3, -0.25) is 0 Å². The standard InChI is InChI=1S/C15H25NO3/c1-4-5-6-7-8-12(2)16-11-13-9-10-14(19-13)15(17)18-3/h9-10,12,16H,4-8,11H2,1-3H3. The average Bonchev–Trinajstić information content (AvgIpc) is 2.89. The number of nitrogens with one attached hydrogen (secondary N) is 1. The van der Waals surface area contributed by atoms with Crippen molar-refractivity contribution in [1.29, 1.82) is 0 Å². The van der Waals surface area contributed by atoms with Gasteiger partial charge in [0.25, 0.3) is 0 Å². The highest BCUT2D eigenvalue weighted by molar-refractivity contribution is 5.86. The molecule has 0 saturated carbocycles. The molecule has 1 aromatic rings. The fraction of sp³-hybridized carbons (Fsp3) is 0.667. The average molecular weight is 267 g/mol. The predicted molar refractivity (Wildman–Crippen MR) is 75.1 cm³/mol. The maximum Gasteiger partial charge on any atom is 0.373 e. The molecule has 0 aliphatic carbocycles. The van der Waals surface area contributed by atoms with Crippen LogP contribution in [0.15, 0.2) is 16.5 Å². The molecule has 1 unspecified atom stereocenters. The molecule has 0 aliphatic rings. The van der Waals surface area contributed by atoms with E-state index in [0.717, 1.165) is 5.76 Å². The van der Waals surface area contributed by atoms with Gasteiger partial charge in [0, 0.05) is 6.04 Å². The molecule has 0 spiro atoms. The summed E-state index contributed by atoms with van der Waals surface area (Å²) in [5.74, 6) is 0.592. The summed E-state index contributed by atoms with van der Waals surface area (Å²) in [5, 5.41) is 3.40. The van der Waals surface area contributed by atoms with Crippen molar-refractivity contribution in [1.82, 2.24) is 5.32 Å². The van der Waals surface area contributed by atoms with Crippen LogP contribution < -0.4 is 5.32 Å². The fourth-order valence-electron chi connectivity index (χ4n) is 1.94. The van der Waals surface area contributed by atoms with Crippen molar-refractivity contribution in [3.8, 4) is 0 Å². The Labute approximate surface area is 115 Å². The Bertz CT molecular complexity index is 373. The van der Waals surface area contributed by atoms with Crippen LogP contribution in [0, 0.1) is 0 Å². The number of ether oxygens (including phenoxy) is 1. The second kappa shape index (κ2) is 8.75. The summed E-state index contributed by atoms with van der Waals surface area (Å²) in [6.07, 6.45) is 6.31. The van der Waals surface area contributed by atoms with Crippen LogP contribution in [-0.4, -0.2) is 19.1 Å². The summed E-state index contributed by atoms with van der Waals surface area (Å²) in [4.78, 5) is 11.2. The van der Waals surface area contributed by atoms with Gasteiger partial charge in [0.05, 0.1) is 13.7 Å². The highest BCUT2D eigenvalue weighted by atomic mass is 16.5. The van der Waals surface area contributed by atoms with Crippen molar-refractivity contribution in [2.24, 2.45) is 0 Å². The van der Waals surface area contributed by atoms with Gasteiger partial charge >= 0.3 is 5.97 Å². The van der Waals surface area contributed by atoms with Gasteiger partial charge in [-0.2, -0.15) is 0 Å². The van der Waals surface area contributed by atoms with E-state index in [1.807, 2.05) is 6.07 Å². The SMILES string of the molecule is CCCCCCC(C)NCc1ccc(C(=O)OC)o1. The van der Waals surface area contributed by atoms with Crippen LogP contribution in [0.5, 0.6) is 0 Å². The van der Waals surface area contributed by atoms with Crippen molar-refractivity contribution in [3.05, 3.63) is 23.7 Å². The molecule has 0 bridgehead atoms. The Hall–Kier alpha value is -1.29. The van der Waals surface area contributed by atoms with Crippen LogP contribution in [0.3, 0.4) is 0 Å². The maximum absolute atomic E-state index is 11.2. The van der Waals surface area contributed by atoms with Crippen LogP contribution in [-0.2, 0) is 11.3 Å². The molecule has 19 heavy (non-hydrogen) atoms. The van der Waals surface area contributed by atoms with Crippen molar-refractivity contribution < 1.29 is 13.9 Å². The van der Waals surface area contributed by atoms with Crippen molar-refractivity contribution in [3.63, 3.8) is 0 Å². The Morgan fingerprint density at radius 2 is 2.16 bits per heavy atom. The van der Waals surface area contributed by atoms with Gasteiger partial charge in [-0.05, 0) is 25.5 Å². The Kier molecular flexibility index (Phi) is 7.26. The molecule has 0 fully saturated rings. The molecule has 0 radical (unpaired) electrons. The van der Waals surface area contributed by atoms with E-state index < -0.39 is 5.97 Å². The quantitative estimate of drug-likeness (QED) is 0.549. The number of carbonyl (C=O) groups is 1. The number of carbonyl (C=O) groups excluding carboxylic acids is 1. The molecule has 0 aliphatic heterocycles. The van der Waals surface area contributed by atoms with E-state index in [9.17, 15) is 4.79 Å². The molecular formula is C15H25NO3. The minimum atomic E-state index is -0.432. The molecule has 4 nitrogen and oxygen atoms in total. The first-order valence-corrected chi connectivity index (χ1v) is 7.07. The summed E-state index contributed by atoms with van der Waals surface area (Å²) in [6, 6.07) is 3.92. The maximum atomic E-state index is 11.2. The topological polar surface area (TPSA) is 51.5 Å². The zero-order valence-corrected chi connectivity index (χ0v) is 12.2. The number of unbranched alkanes of at least 4 members (excludes halogenated alkanes) is 3. The minimum Gasteiger partial charge on any atom is -0.463 e. The molecule has 4 heteroatoms. The van der Waals surface area contributed by atoms with Crippen molar-refractivity contribution in [2.75, 3.05) is 7.11 Å². The number of hydrogen-bond donors (Lipinski definition) is 1. The summed E-state index contributed by atoms with van der Waals surface area (Å²) >= 11 is 0. The first-order chi connectivity index (χ1) is 9.17. The normalized spacial score (nSPS) is 12.4. The third-order valence-corrected chi connectivity index (χ3v) is 3.16. The monoisotopic (exact) mass is 267 g/mol.